The fourth-order valence-electron chi connectivity index (χ4n) is 2.08. The van der Waals surface area contributed by atoms with Gasteiger partial charge in [0.25, 0.3) is 0 Å². The summed E-state index contributed by atoms with van der Waals surface area (Å²) in [7, 11) is 1.74. The second-order valence-electron chi connectivity index (χ2n) is 4.52. The van der Waals surface area contributed by atoms with E-state index in [1.54, 1.807) is 36.0 Å². The molecule has 102 valence electrons. The topological polar surface area (TPSA) is 61.8 Å². The van der Waals surface area contributed by atoms with E-state index in [0.29, 0.717) is 16.3 Å². The fourth-order valence-corrected chi connectivity index (χ4v) is 2.21. The van der Waals surface area contributed by atoms with Crippen LogP contribution in [0.1, 0.15) is 22.5 Å². The van der Waals surface area contributed by atoms with E-state index in [0.717, 1.165) is 11.3 Å². The molecule has 0 aliphatic carbocycles. The van der Waals surface area contributed by atoms with Crippen molar-refractivity contribution in [2.24, 2.45) is 7.05 Å². The van der Waals surface area contributed by atoms with Crippen molar-refractivity contribution in [1.82, 2.24) is 9.78 Å². The summed E-state index contributed by atoms with van der Waals surface area (Å²) in [5, 5.41) is 24.6. The van der Waals surface area contributed by atoms with Crippen molar-refractivity contribution in [3.63, 3.8) is 0 Å². The molecule has 0 radical (unpaired) electrons. The molecule has 1 aromatic carbocycles. The molecule has 2 aromatic rings. The van der Waals surface area contributed by atoms with E-state index in [9.17, 15) is 10.4 Å². The van der Waals surface area contributed by atoms with E-state index in [1.807, 2.05) is 19.9 Å². The molecule has 0 amide bonds. The van der Waals surface area contributed by atoms with E-state index in [2.05, 4.69) is 5.10 Å². The number of allylic oxidation sites excluding steroid dienone is 1. The highest BCUT2D eigenvalue weighted by Gasteiger charge is 2.18. The predicted molar refractivity (Wildman–Crippen MR) is 79.2 cm³/mol. The van der Waals surface area contributed by atoms with Gasteiger partial charge < -0.3 is 5.11 Å². The van der Waals surface area contributed by atoms with Crippen molar-refractivity contribution in [3.05, 3.63) is 51.8 Å². The normalized spacial score (nSPS) is 11.9. The van der Waals surface area contributed by atoms with Crippen molar-refractivity contribution >= 4 is 22.9 Å². The molecule has 1 N–H and O–H groups in total. The zero-order valence-corrected chi connectivity index (χ0v) is 12.2. The van der Waals surface area contributed by atoms with Crippen molar-refractivity contribution in [1.29, 1.82) is 5.26 Å². The van der Waals surface area contributed by atoms with Crippen LogP contribution in [0.2, 0.25) is 5.02 Å². The first-order chi connectivity index (χ1) is 9.45. The second-order valence-corrected chi connectivity index (χ2v) is 4.96. The maximum atomic E-state index is 10.4. The molecule has 1 aromatic heterocycles. The van der Waals surface area contributed by atoms with Gasteiger partial charge in [-0.3, -0.25) is 4.68 Å². The monoisotopic (exact) mass is 287 g/mol. The zero-order chi connectivity index (χ0) is 14.9. The molecule has 0 saturated carbocycles. The van der Waals surface area contributed by atoms with Gasteiger partial charge in [0.2, 0.25) is 0 Å². The van der Waals surface area contributed by atoms with Crippen LogP contribution >= 0.6 is 11.6 Å². The summed E-state index contributed by atoms with van der Waals surface area (Å²) in [6.07, 6.45) is 0. The maximum Gasteiger partial charge on any atom is 0.159 e. The second kappa shape index (κ2) is 5.40. The SMILES string of the molecule is Cc1nn(C)c(/C(O)=C(\C#N)c2ccc(Cl)cc2)c1C. The highest BCUT2D eigenvalue weighted by molar-refractivity contribution is 6.30. The molecule has 2 rings (SSSR count). The summed E-state index contributed by atoms with van der Waals surface area (Å²) in [4.78, 5) is 0. The standard InChI is InChI=1S/C15H14ClN3O/c1-9-10(2)18-19(3)14(9)15(20)13(8-17)11-4-6-12(16)7-5-11/h4-7,20H,1-3H3/b15-13-. The van der Waals surface area contributed by atoms with Crippen molar-refractivity contribution in [3.8, 4) is 6.07 Å². The Hall–Kier alpha value is -2.25. The summed E-state index contributed by atoms with van der Waals surface area (Å²) >= 11 is 5.83. The lowest BCUT2D eigenvalue weighted by atomic mass is 10.0. The first kappa shape index (κ1) is 14.2. The van der Waals surface area contributed by atoms with Gasteiger partial charge >= 0.3 is 0 Å². The van der Waals surface area contributed by atoms with E-state index >= 15 is 0 Å². The third-order valence-electron chi connectivity index (χ3n) is 3.23. The van der Waals surface area contributed by atoms with E-state index in [-0.39, 0.29) is 11.3 Å². The van der Waals surface area contributed by atoms with Crippen LogP contribution in [0.25, 0.3) is 11.3 Å². The molecule has 0 atom stereocenters. The number of rotatable bonds is 2. The Morgan fingerprint density at radius 2 is 1.90 bits per heavy atom. The Morgan fingerprint density at radius 3 is 2.35 bits per heavy atom. The van der Waals surface area contributed by atoms with Gasteiger partial charge in [-0.15, -0.1) is 0 Å². The molecule has 0 fully saturated rings. The minimum atomic E-state index is -0.0737. The van der Waals surface area contributed by atoms with Gasteiger partial charge in [-0.05, 0) is 31.5 Å². The number of halogens is 1. The number of nitriles is 1. The van der Waals surface area contributed by atoms with Crippen LogP contribution in [-0.4, -0.2) is 14.9 Å². The van der Waals surface area contributed by atoms with Gasteiger partial charge in [0.15, 0.2) is 5.76 Å². The van der Waals surface area contributed by atoms with Crippen LogP contribution in [-0.2, 0) is 7.05 Å². The van der Waals surface area contributed by atoms with Crippen LogP contribution < -0.4 is 0 Å². The summed E-state index contributed by atoms with van der Waals surface area (Å²) in [6.45, 7) is 3.73. The number of benzene rings is 1. The quantitative estimate of drug-likeness (QED) is 0.677. The predicted octanol–water partition coefficient (Wildman–Crippen LogP) is 3.64. The molecule has 0 saturated heterocycles. The minimum Gasteiger partial charge on any atom is -0.504 e. The van der Waals surface area contributed by atoms with Crippen molar-refractivity contribution < 1.29 is 5.11 Å². The lowest BCUT2D eigenvalue weighted by Gasteiger charge is -2.07. The van der Waals surface area contributed by atoms with Crippen molar-refractivity contribution in [2.45, 2.75) is 13.8 Å². The molecule has 5 heteroatoms. The average molecular weight is 288 g/mol. The third-order valence-corrected chi connectivity index (χ3v) is 3.48. The van der Waals surface area contributed by atoms with E-state index in [4.69, 9.17) is 11.6 Å². The first-order valence-electron chi connectivity index (χ1n) is 6.05. The summed E-state index contributed by atoms with van der Waals surface area (Å²) < 4.78 is 1.58. The van der Waals surface area contributed by atoms with Crippen LogP contribution in [0.3, 0.4) is 0 Å². The highest BCUT2D eigenvalue weighted by Crippen LogP contribution is 2.27. The zero-order valence-electron chi connectivity index (χ0n) is 11.5. The Morgan fingerprint density at radius 1 is 1.30 bits per heavy atom. The maximum absolute atomic E-state index is 10.4. The number of hydrogen-bond acceptors (Lipinski definition) is 3. The average Bonchev–Trinajstić information content (AvgIpc) is 2.66. The molecule has 20 heavy (non-hydrogen) atoms. The van der Waals surface area contributed by atoms with Gasteiger partial charge in [0.05, 0.1) is 5.69 Å². The molecule has 0 aliphatic rings. The van der Waals surface area contributed by atoms with Crippen molar-refractivity contribution in [2.75, 3.05) is 0 Å². The van der Waals surface area contributed by atoms with E-state index in [1.165, 1.54) is 0 Å². The summed E-state index contributed by atoms with van der Waals surface area (Å²) in [5.74, 6) is -0.0737. The molecule has 1 heterocycles. The molecule has 0 bridgehead atoms. The molecule has 0 spiro atoms. The molecular formula is C15H14ClN3O. The Balaban J connectivity index is 2.64. The van der Waals surface area contributed by atoms with Crippen LogP contribution in [0.5, 0.6) is 0 Å². The Kier molecular flexibility index (Phi) is 3.82. The Bertz CT molecular complexity index is 721. The van der Waals surface area contributed by atoms with Gasteiger partial charge in [-0.2, -0.15) is 10.4 Å². The lowest BCUT2D eigenvalue weighted by molar-refractivity contribution is 0.502. The molecule has 0 unspecified atom stereocenters. The van der Waals surface area contributed by atoms with Crippen LogP contribution in [0.15, 0.2) is 24.3 Å². The largest absolute Gasteiger partial charge is 0.504 e. The van der Waals surface area contributed by atoms with Gasteiger partial charge in [-0.1, -0.05) is 23.7 Å². The smallest absolute Gasteiger partial charge is 0.159 e. The number of aliphatic hydroxyl groups excluding tert-OH is 1. The van der Waals surface area contributed by atoms with Gasteiger partial charge in [0.1, 0.15) is 17.3 Å². The number of aromatic nitrogens is 2. The van der Waals surface area contributed by atoms with Gasteiger partial charge in [-0.25, -0.2) is 0 Å². The third kappa shape index (κ3) is 2.40. The Labute approximate surface area is 122 Å². The number of hydrogen-bond donors (Lipinski definition) is 1. The summed E-state index contributed by atoms with van der Waals surface area (Å²) in [5.41, 5.74) is 3.04. The molecule has 0 aliphatic heterocycles. The van der Waals surface area contributed by atoms with E-state index < -0.39 is 0 Å². The summed E-state index contributed by atoms with van der Waals surface area (Å²) in [6, 6.07) is 8.82. The number of aliphatic hydroxyl groups is 1. The fraction of sp³-hybridized carbons (Fsp3) is 0.200. The van der Waals surface area contributed by atoms with Crippen LogP contribution in [0, 0.1) is 25.2 Å². The highest BCUT2D eigenvalue weighted by atomic mass is 35.5. The number of nitrogens with zero attached hydrogens (tertiary/aromatic N) is 3. The van der Waals surface area contributed by atoms with Gasteiger partial charge in [0, 0.05) is 17.6 Å². The molecule has 4 nitrogen and oxygen atoms in total. The lowest BCUT2D eigenvalue weighted by Crippen LogP contribution is -2.00. The van der Waals surface area contributed by atoms with Crippen LogP contribution in [0.4, 0.5) is 0 Å². The molecular weight excluding hydrogens is 274 g/mol. The first-order valence-corrected chi connectivity index (χ1v) is 6.43. The minimum absolute atomic E-state index is 0.0737. The number of aryl methyl sites for hydroxylation is 2.